The fourth-order valence-electron chi connectivity index (χ4n) is 3.93. The standard InChI is InChI=1S/C18H28N2O3S/c1-13-3-4-16(24-13)9-20-8-15-12-23-11-14(17(15)10-20)7-18(21)19-5-6-22-2/h3-4,14-15,17H,5-12H2,1-2H3,(H,19,21)/t14-,15-,17+/m1/s1. The van der Waals surface area contributed by atoms with Gasteiger partial charge in [-0.2, -0.15) is 0 Å². The summed E-state index contributed by atoms with van der Waals surface area (Å²) in [5.41, 5.74) is 0. The first kappa shape index (κ1) is 17.9. The quantitative estimate of drug-likeness (QED) is 0.762. The van der Waals surface area contributed by atoms with Crippen LogP contribution in [-0.4, -0.2) is 57.4 Å². The molecule has 1 aromatic rings. The molecule has 2 aliphatic rings. The second-order valence-electron chi connectivity index (χ2n) is 6.97. The van der Waals surface area contributed by atoms with Gasteiger partial charge in [-0.3, -0.25) is 9.69 Å². The number of aryl methyl sites for hydroxylation is 1. The Morgan fingerprint density at radius 3 is 3.04 bits per heavy atom. The minimum Gasteiger partial charge on any atom is -0.383 e. The molecule has 1 aromatic heterocycles. The molecule has 0 saturated carbocycles. The molecular weight excluding hydrogens is 324 g/mol. The third-order valence-corrected chi connectivity index (χ3v) is 6.07. The Bertz CT molecular complexity index is 548. The van der Waals surface area contributed by atoms with Gasteiger partial charge in [0.2, 0.25) is 5.91 Å². The van der Waals surface area contributed by atoms with Crippen molar-refractivity contribution in [3.8, 4) is 0 Å². The molecule has 3 heterocycles. The summed E-state index contributed by atoms with van der Waals surface area (Å²) < 4.78 is 10.8. The van der Waals surface area contributed by atoms with Crippen LogP contribution < -0.4 is 5.32 Å². The number of carbonyl (C=O) groups excluding carboxylic acids is 1. The maximum atomic E-state index is 12.1. The molecule has 3 atom stereocenters. The predicted molar refractivity (Wildman–Crippen MR) is 95.1 cm³/mol. The first-order chi connectivity index (χ1) is 11.7. The van der Waals surface area contributed by atoms with Gasteiger partial charge in [-0.05, 0) is 36.8 Å². The molecule has 0 unspecified atom stereocenters. The molecule has 2 aliphatic heterocycles. The SMILES string of the molecule is COCCNC(=O)C[C@@H]1COC[C@H]2CN(Cc3ccc(C)s3)C[C@@H]12. The zero-order valence-electron chi connectivity index (χ0n) is 14.6. The van der Waals surface area contributed by atoms with Gasteiger partial charge in [0.05, 0.1) is 19.8 Å². The van der Waals surface area contributed by atoms with E-state index in [1.807, 2.05) is 11.3 Å². The molecule has 5 nitrogen and oxygen atoms in total. The second kappa shape index (κ2) is 8.43. The Balaban J connectivity index is 1.52. The zero-order valence-corrected chi connectivity index (χ0v) is 15.4. The van der Waals surface area contributed by atoms with E-state index in [0.717, 1.165) is 26.2 Å². The van der Waals surface area contributed by atoms with Gasteiger partial charge in [0.25, 0.3) is 0 Å². The van der Waals surface area contributed by atoms with Crippen LogP contribution in [0.25, 0.3) is 0 Å². The van der Waals surface area contributed by atoms with Gasteiger partial charge in [-0.25, -0.2) is 0 Å². The highest BCUT2D eigenvalue weighted by atomic mass is 32.1. The molecular formula is C18H28N2O3S. The van der Waals surface area contributed by atoms with Crippen LogP contribution in [0.5, 0.6) is 0 Å². The van der Waals surface area contributed by atoms with E-state index in [0.29, 0.717) is 43.9 Å². The highest BCUT2D eigenvalue weighted by molar-refractivity contribution is 7.11. The number of likely N-dealkylation sites (tertiary alicyclic amines) is 1. The van der Waals surface area contributed by atoms with Crippen molar-refractivity contribution in [2.75, 3.05) is 46.6 Å². The van der Waals surface area contributed by atoms with Gasteiger partial charge < -0.3 is 14.8 Å². The Kier molecular flexibility index (Phi) is 6.27. The highest BCUT2D eigenvalue weighted by Crippen LogP contribution is 2.36. The lowest BCUT2D eigenvalue weighted by Gasteiger charge is -2.32. The number of amides is 1. The van der Waals surface area contributed by atoms with Crippen molar-refractivity contribution in [1.82, 2.24) is 10.2 Å². The topological polar surface area (TPSA) is 50.8 Å². The molecule has 2 fully saturated rings. The third kappa shape index (κ3) is 4.57. The molecule has 6 heteroatoms. The van der Waals surface area contributed by atoms with Crippen LogP contribution in [0.4, 0.5) is 0 Å². The van der Waals surface area contributed by atoms with Crippen LogP contribution in [0.3, 0.4) is 0 Å². The average Bonchev–Trinajstić information content (AvgIpc) is 3.14. The smallest absolute Gasteiger partial charge is 0.220 e. The second-order valence-corrected chi connectivity index (χ2v) is 8.35. The number of hydrogen-bond donors (Lipinski definition) is 1. The summed E-state index contributed by atoms with van der Waals surface area (Å²) in [4.78, 5) is 17.5. The van der Waals surface area contributed by atoms with Gasteiger partial charge in [0.15, 0.2) is 0 Å². The van der Waals surface area contributed by atoms with Crippen molar-refractivity contribution in [2.24, 2.45) is 17.8 Å². The van der Waals surface area contributed by atoms with E-state index in [2.05, 4.69) is 29.3 Å². The molecule has 2 saturated heterocycles. The lowest BCUT2D eigenvalue weighted by atomic mass is 9.81. The Hall–Kier alpha value is -0.950. The predicted octanol–water partition coefficient (Wildman–Crippen LogP) is 1.90. The monoisotopic (exact) mass is 352 g/mol. The van der Waals surface area contributed by atoms with Crippen LogP contribution in [0, 0.1) is 24.7 Å². The molecule has 1 amide bonds. The lowest BCUT2D eigenvalue weighted by molar-refractivity contribution is -0.124. The fourth-order valence-corrected chi connectivity index (χ4v) is 4.86. The van der Waals surface area contributed by atoms with E-state index < -0.39 is 0 Å². The lowest BCUT2D eigenvalue weighted by Crippen LogP contribution is -2.38. The van der Waals surface area contributed by atoms with Gasteiger partial charge in [0, 0.05) is 49.5 Å². The molecule has 0 aliphatic carbocycles. The molecule has 134 valence electrons. The molecule has 0 spiro atoms. The maximum absolute atomic E-state index is 12.1. The average molecular weight is 353 g/mol. The number of carbonyl (C=O) groups is 1. The van der Waals surface area contributed by atoms with E-state index in [-0.39, 0.29) is 5.91 Å². The summed E-state index contributed by atoms with van der Waals surface area (Å²) in [5, 5.41) is 2.93. The van der Waals surface area contributed by atoms with Crippen molar-refractivity contribution in [3.05, 3.63) is 21.9 Å². The summed E-state index contributed by atoms with van der Waals surface area (Å²) in [7, 11) is 1.65. The number of thiophene rings is 1. The minimum atomic E-state index is 0.119. The van der Waals surface area contributed by atoms with E-state index >= 15 is 0 Å². The van der Waals surface area contributed by atoms with E-state index in [9.17, 15) is 4.79 Å². The van der Waals surface area contributed by atoms with Gasteiger partial charge in [-0.1, -0.05) is 0 Å². The van der Waals surface area contributed by atoms with E-state index in [1.54, 1.807) is 7.11 Å². The summed E-state index contributed by atoms with van der Waals surface area (Å²) >= 11 is 1.88. The number of fused-ring (bicyclic) bond motifs is 1. The normalized spacial score (nSPS) is 27.2. The maximum Gasteiger partial charge on any atom is 0.220 e. The number of nitrogens with zero attached hydrogens (tertiary/aromatic N) is 1. The van der Waals surface area contributed by atoms with Crippen molar-refractivity contribution < 1.29 is 14.3 Å². The minimum absolute atomic E-state index is 0.119. The molecule has 0 bridgehead atoms. The first-order valence-electron chi connectivity index (χ1n) is 8.76. The number of rotatable bonds is 7. The summed E-state index contributed by atoms with van der Waals surface area (Å²) in [5.74, 6) is 1.60. The fraction of sp³-hybridized carbons (Fsp3) is 0.722. The van der Waals surface area contributed by atoms with Crippen molar-refractivity contribution >= 4 is 17.2 Å². The van der Waals surface area contributed by atoms with Crippen molar-refractivity contribution in [3.63, 3.8) is 0 Å². The Labute approximate surface area is 148 Å². The third-order valence-electron chi connectivity index (χ3n) is 5.09. The molecule has 24 heavy (non-hydrogen) atoms. The number of nitrogens with one attached hydrogen (secondary N) is 1. The van der Waals surface area contributed by atoms with Gasteiger partial charge >= 0.3 is 0 Å². The van der Waals surface area contributed by atoms with Crippen LogP contribution in [0.1, 0.15) is 16.2 Å². The van der Waals surface area contributed by atoms with Crippen LogP contribution in [-0.2, 0) is 20.8 Å². The van der Waals surface area contributed by atoms with Crippen molar-refractivity contribution in [2.45, 2.75) is 19.9 Å². The number of methoxy groups -OCH3 is 1. The van der Waals surface area contributed by atoms with Crippen LogP contribution in [0.2, 0.25) is 0 Å². The Morgan fingerprint density at radius 2 is 2.29 bits per heavy atom. The van der Waals surface area contributed by atoms with Crippen molar-refractivity contribution in [1.29, 1.82) is 0 Å². The number of ether oxygens (including phenoxy) is 2. The summed E-state index contributed by atoms with van der Waals surface area (Å²) in [6.45, 7) is 8.05. The van der Waals surface area contributed by atoms with Gasteiger partial charge in [-0.15, -0.1) is 11.3 Å². The Morgan fingerprint density at radius 1 is 1.42 bits per heavy atom. The molecule has 1 N–H and O–H groups in total. The number of hydrogen-bond acceptors (Lipinski definition) is 5. The van der Waals surface area contributed by atoms with Gasteiger partial charge in [0.1, 0.15) is 0 Å². The van der Waals surface area contributed by atoms with E-state index in [4.69, 9.17) is 9.47 Å². The molecule has 0 radical (unpaired) electrons. The van der Waals surface area contributed by atoms with Crippen LogP contribution >= 0.6 is 11.3 Å². The highest BCUT2D eigenvalue weighted by Gasteiger charge is 2.41. The van der Waals surface area contributed by atoms with E-state index in [1.165, 1.54) is 9.75 Å². The summed E-state index contributed by atoms with van der Waals surface area (Å²) in [6.07, 6.45) is 0.566. The summed E-state index contributed by atoms with van der Waals surface area (Å²) in [6, 6.07) is 4.43. The largest absolute Gasteiger partial charge is 0.383 e. The molecule has 0 aromatic carbocycles. The molecule has 3 rings (SSSR count). The van der Waals surface area contributed by atoms with Crippen LogP contribution in [0.15, 0.2) is 12.1 Å². The zero-order chi connectivity index (χ0) is 16.9. The first-order valence-corrected chi connectivity index (χ1v) is 9.58.